The first-order valence-electron chi connectivity index (χ1n) is 9.69. The molecule has 1 fully saturated rings. The van der Waals surface area contributed by atoms with E-state index in [1.54, 1.807) is 0 Å². The smallest absolute Gasteiger partial charge is 0.309 e. The van der Waals surface area contributed by atoms with Gasteiger partial charge in [-0.25, -0.2) is 8.78 Å². The van der Waals surface area contributed by atoms with Crippen molar-refractivity contribution in [2.75, 3.05) is 0 Å². The number of carboxylic acid groups (broad SMARTS) is 1. The van der Waals surface area contributed by atoms with Crippen LogP contribution in [0.4, 0.5) is 8.78 Å². The lowest BCUT2D eigenvalue weighted by atomic mass is 9.75. The van der Waals surface area contributed by atoms with Crippen LogP contribution in [0.5, 0.6) is 0 Å². The molecule has 0 aliphatic heterocycles. The molecule has 0 amide bonds. The fourth-order valence-electron chi connectivity index (χ4n) is 4.23. The molecule has 1 N–H and O–H groups in total. The van der Waals surface area contributed by atoms with Crippen molar-refractivity contribution in [2.45, 2.75) is 50.6 Å². The van der Waals surface area contributed by atoms with Crippen molar-refractivity contribution in [3.05, 3.63) is 71.5 Å². The quantitative estimate of drug-likeness (QED) is 0.670. The highest BCUT2D eigenvalue weighted by molar-refractivity contribution is 5.70. The van der Waals surface area contributed by atoms with Crippen LogP contribution in [0, 0.1) is 17.7 Å². The molecule has 2 nitrogen and oxygen atoms in total. The van der Waals surface area contributed by atoms with Gasteiger partial charge in [0.05, 0.1) is 5.92 Å². The van der Waals surface area contributed by atoms with Crippen LogP contribution >= 0.6 is 0 Å². The number of aryl methyl sites for hydroxylation is 1. The maximum Gasteiger partial charge on any atom is 0.309 e. The van der Waals surface area contributed by atoms with Gasteiger partial charge in [-0.15, -0.1) is 0 Å². The molecule has 4 unspecified atom stereocenters. The molecule has 1 saturated carbocycles. The van der Waals surface area contributed by atoms with E-state index < -0.39 is 18.1 Å². The first-order chi connectivity index (χ1) is 13.0. The summed E-state index contributed by atoms with van der Waals surface area (Å²) in [6.07, 6.45) is 2.86. The van der Waals surface area contributed by atoms with Crippen LogP contribution in [0.1, 0.15) is 49.1 Å². The van der Waals surface area contributed by atoms with Crippen LogP contribution in [0.2, 0.25) is 0 Å². The maximum absolute atomic E-state index is 14.3. The van der Waals surface area contributed by atoms with Gasteiger partial charge >= 0.3 is 5.97 Å². The van der Waals surface area contributed by atoms with Crippen LogP contribution in [0.15, 0.2) is 54.6 Å². The molecular weight excluding hydrogens is 346 g/mol. The minimum Gasteiger partial charge on any atom is -0.481 e. The Kier molecular flexibility index (Phi) is 6.59. The summed E-state index contributed by atoms with van der Waals surface area (Å²) in [6.45, 7) is 0. The summed E-state index contributed by atoms with van der Waals surface area (Å²) < 4.78 is 27.4. The number of carbonyl (C=O) groups is 1. The second kappa shape index (κ2) is 9.12. The number of hydrogen-bond donors (Lipinski definition) is 1. The van der Waals surface area contributed by atoms with Gasteiger partial charge < -0.3 is 5.11 Å². The van der Waals surface area contributed by atoms with Crippen LogP contribution < -0.4 is 0 Å². The third-order valence-electron chi connectivity index (χ3n) is 5.78. The molecule has 144 valence electrons. The van der Waals surface area contributed by atoms with Crippen LogP contribution in [-0.2, 0) is 11.2 Å². The normalized spacial score (nSPS) is 23.7. The molecule has 0 bridgehead atoms. The fraction of sp³-hybridized carbons (Fsp3) is 0.435. The minimum atomic E-state index is -1.25. The summed E-state index contributed by atoms with van der Waals surface area (Å²) in [7, 11) is 0. The number of benzene rings is 2. The van der Waals surface area contributed by atoms with Crippen molar-refractivity contribution in [1.29, 1.82) is 0 Å². The largest absolute Gasteiger partial charge is 0.481 e. The van der Waals surface area contributed by atoms with Crippen molar-refractivity contribution in [2.24, 2.45) is 11.8 Å². The molecular formula is C23H26F2O2. The Bertz CT molecular complexity index is 730. The van der Waals surface area contributed by atoms with Crippen LogP contribution in [-0.4, -0.2) is 17.2 Å². The van der Waals surface area contributed by atoms with Crippen molar-refractivity contribution in [3.63, 3.8) is 0 Å². The van der Waals surface area contributed by atoms with E-state index in [9.17, 15) is 13.6 Å². The molecule has 0 radical (unpaired) electrons. The highest BCUT2D eigenvalue weighted by atomic mass is 19.1. The SMILES string of the molecule is O=C(O)C1CCC(CC(CCc2ccc(F)cc2)c2ccccc2)CC1F. The molecule has 3 rings (SSSR count). The Balaban J connectivity index is 1.66. The third kappa shape index (κ3) is 5.38. The Morgan fingerprint density at radius 2 is 1.78 bits per heavy atom. The summed E-state index contributed by atoms with van der Waals surface area (Å²) >= 11 is 0. The first-order valence-corrected chi connectivity index (χ1v) is 9.69. The van der Waals surface area contributed by atoms with E-state index in [1.165, 1.54) is 17.7 Å². The van der Waals surface area contributed by atoms with Crippen molar-refractivity contribution < 1.29 is 18.7 Å². The van der Waals surface area contributed by atoms with Gasteiger partial charge in [0, 0.05) is 0 Å². The number of carboxylic acids is 1. The average molecular weight is 372 g/mol. The van der Waals surface area contributed by atoms with Crippen LogP contribution in [0.25, 0.3) is 0 Å². The Labute approximate surface area is 159 Å². The Hall–Kier alpha value is -2.23. The molecule has 0 spiro atoms. The molecule has 4 atom stereocenters. The first kappa shape index (κ1) is 19.5. The number of halogens is 2. The number of aliphatic carboxylic acids is 1. The summed E-state index contributed by atoms with van der Waals surface area (Å²) in [5.41, 5.74) is 2.32. The second-order valence-electron chi connectivity index (χ2n) is 7.65. The van der Waals surface area contributed by atoms with Gasteiger partial charge in [-0.05, 0) is 73.6 Å². The molecule has 0 heterocycles. The van der Waals surface area contributed by atoms with Gasteiger partial charge in [0.1, 0.15) is 12.0 Å². The zero-order chi connectivity index (χ0) is 19.2. The van der Waals surface area contributed by atoms with E-state index in [2.05, 4.69) is 12.1 Å². The van der Waals surface area contributed by atoms with Gasteiger partial charge in [0.15, 0.2) is 0 Å². The monoisotopic (exact) mass is 372 g/mol. The van der Waals surface area contributed by atoms with E-state index in [-0.39, 0.29) is 17.7 Å². The maximum atomic E-state index is 14.3. The number of hydrogen-bond acceptors (Lipinski definition) is 1. The Morgan fingerprint density at radius 1 is 1.07 bits per heavy atom. The third-order valence-corrected chi connectivity index (χ3v) is 5.78. The summed E-state index contributed by atoms with van der Waals surface area (Å²) in [6, 6.07) is 16.8. The van der Waals surface area contributed by atoms with Gasteiger partial charge in [-0.2, -0.15) is 0 Å². The van der Waals surface area contributed by atoms with Gasteiger partial charge in [-0.3, -0.25) is 4.79 Å². The average Bonchev–Trinajstić information content (AvgIpc) is 2.67. The van der Waals surface area contributed by atoms with E-state index in [1.807, 2.05) is 30.3 Å². The highest BCUT2D eigenvalue weighted by Crippen LogP contribution is 2.38. The minimum absolute atomic E-state index is 0.203. The zero-order valence-corrected chi connectivity index (χ0v) is 15.4. The zero-order valence-electron chi connectivity index (χ0n) is 15.4. The molecule has 0 saturated heterocycles. The molecule has 1 aliphatic carbocycles. The second-order valence-corrected chi connectivity index (χ2v) is 7.65. The van der Waals surface area contributed by atoms with Crippen molar-refractivity contribution in [1.82, 2.24) is 0 Å². The molecule has 2 aromatic rings. The molecule has 0 aromatic heterocycles. The summed E-state index contributed by atoms with van der Waals surface area (Å²) in [4.78, 5) is 11.1. The lowest BCUT2D eigenvalue weighted by Crippen LogP contribution is -2.32. The molecule has 27 heavy (non-hydrogen) atoms. The molecule has 4 heteroatoms. The number of alkyl halides is 1. The van der Waals surface area contributed by atoms with E-state index in [0.29, 0.717) is 12.8 Å². The predicted octanol–water partition coefficient (Wildman–Crippen LogP) is 5.77. The predicted molar refractivity (Wildman–Crippen MR) is 102 cm³/mol. The highest BCUT2D eigenvalue weighted by Gasteiger charge is 2.36. The van der Waals surface area contributed by atoms with E-state index in [4.69, 9.17) is 5.11 Å². The van der Waals surface area contributed by atoms with Gasteiger partial charge in [0.25, 0.3) is 0 Å². The van der Waals surface area contributed by atoms with Crippen molar-refractivity contribution >= 4 is 5.97 Å². The lowest BCUT2D eigenvalue weighted by molar-refractivity contribution is -0.145. The fourth-order valence-corrected chi connectivity index (χ4v) is 4.23. The standard InChI is InChI=1S/C23H26F2O2/c24-20-11-7-16(8-12-20)6-10-19(18-4-2-1-3-5-18)14-17-9-13-21(23(26)27)22(25)15-17/h1-5,7-8,11-12,17,19,21-22H,6,9-10,13-15H2,(H,26,27). The van der Waals surface area contributed by atoms with Crippen molar-refractivity contribution in [3.8, 4) is 0 Å². The topological polar surface area (TPSA) is 37.3 Å². The van der Waals surface area contributed by atoms with E-state index >= 15 is 0 Å². The van der Waals surface area contributed by atoms with E-state index in [0.717, 1.165) is 31.2 Å². The van der Waals surface area contributed by atoms with Crippen LogP contribution in [0.3, 0.4) is 0 Å². The molecule has 1 aliphatic rings. The van der Waals surface area contributed by atoms with Gasteiger partial charge in [-0.1, -0.05) is 42.5 Å². The summed E-state index contributed by atoms with van der Waals surface area (Å²) in [5.74, 6) is -1.61. The lowest BCUT2D eigenvalue weighted by Gasteiger charge is -2.32. The molecule has 2 aromatic carbocycles. The van der Waals surface area contributed by atoms with Gasteiger partial charge in [0.2, 0.25) is 0 Å². The summed E-state index contributed by atoms with van der Waals surface area (Å²) in [5, 5.41) is 9.12. The Morgan fingerprint density at radius 3 is 2.41 bits per heavy atom. The number of rotatable bonds is 7.